The van der Waals surface area contributed by atoms with Crippen LogP contribution in [0.1, 0.15) is 29.1 Å². The molecule has 10 heteroatoms. The van der Waals surface area contributed by atoms with E-state index in [9.17, 15) is 19.7 Å². The fourth-order valence-electron chi connectivity index (χ4n) is 2.79. The highest BCUT2D eigenvalue weighted by atomic mass is 35.5. The molecule has 1 aromatic heterocycles. The number of carbonyl (C=O) groups excluding carboxylic acids is 1. The molecule has 1 unspecified atom stereocenters. The van der Waals surface area contributed by atoms with Gasteiger partial charge in [-0.1, -0.05) is 23.2 Å². The van der Waals surface area contributed by atoms with E-state index in [1.807, 2.05) is 0 Å². The number of carbonyl (C=O) groups is 1. The molecule has 2 aromatic carbocycles. The molecular formula is C18H14Cl2N4O4. The van der Waals surface area contributed by atoms with Crippen LogP contribution in [0.25, 0.3) is 10.9 Å². The van der Waals surface area contributed by atoms with Gasteiger partial charge in [-0.3, -0.25) is 24.3 Å². The maximum absolute atomic E-state index is 12.6. The average Bonchev–Trinajstić information content (AvgIpc) is 2.64. The van der Waals surface area contributed by atoms with Crippen LogP contribution in [-0.4, -0.2) is 20.4 Å². The third-order valence-corrected chi connectivity index (χ3v) is 4.76. The largest absolute Gasteiger partial charge is 0.342 e. The van der Waals surface area contributed by atoms with Crippen molar-refractivity contribution in [2.45, 2.75) is 13.0 Å². The second kappa shape index (κ2) is 7.57. The quantitative estimate of drug-likeness (QED) is 0.511. The zero-order valence-electron chi connectivity index (χ0n) is 14.8. The summed E-state index contributed by atoms with van der Waals surface area (Å²) in [6.45, 7) is 1.66. The van der Waals surface area contributed by atoms with Gasteiger partial charge in [0.15, 0.2) is 0 Å². The van der Waals surface area contributed by atoms with Crippen LogP contribution in [0, 0.1) is 10.1 Å². The molecule has 28 heavy (non-hydrogen) atoms. The summed E-state index contributed by atoms with van der Waals surface area (Å²) >= 11 is 12.0. The highest BCUT2D eigenvalue weighted by Crippen LogP contribution is 2.23. The minimum atomic E-state index is -0.639. The molecule has 0 saturated carbocycles. The zero-order valence-corrected chi connectivity index (χ0v) is 16.3. The van der Waals surface area contributed by atoms with Gasteiger partial charge in [-0.05, 0) is 31.2 Å². The Labute approximate surface area is 168 Å². The fraction of sp³-hybridized carbons (Fsp3) is 0.167. The Bertz CT molecular complexity index is 1180. The van der Waals surface area contributed by atoms with Crippen LogP contribution in [0.2, 0.25) is 10.0 Å². The van der Waals surface area contributed by atoms with Crippen molar-refractivity contribution in [3.8, 4) is 0 Å². The molecule has 144 valence electrons. The maximum Gasteiger partial charge on any atom is 0.270 e. The van der Waals surface area contributed by atoms with Gasteiger partial charge in [0.25, 0.3) is 17.2 Å². The van der Waals surface area contributed by atoms with Gasteiger partial charge in [0, 0.05) is 24.2 Å². The standard InChI is InChI=1S/C18H14Cl2N4O4/c1-9(21-17(25)12-6-4-11(24(27)28)8-14(12)20)16-22-15-7-10(19)3-5-13(15)18(26)23(16)2/h3-9H,1-2H3,(H,21,25). The first-order chi connectivity index (χ1) is 13.2. The molecule has 1 amide bonds. The minimum Gasteiger partial charge on any atom is -0.342 e. The molecular weight excluding hydrogens is 407 g/mol. The number of rotatable bonds is 4. The van der Waals surface area contributed by atoms with Crippen molar-refractivity contribution < 1.29 is 9.72 Å². The average molecular weight is 421 g/mol. The summed E-state index contributed by atoms with van der Waals surface area (Å²) < 4.78 is 1.35. The Balaban J connectivity index is 1.94. The van der Waals surface area contributed by atoms with Crippen LogP contribution < -0.4 is 10.9 Å². The number of nitro groups is 1. The zero-order chi connectivity index (χ0) is 20.6. The monoisotopic (exact) mass is 420 g/mol. The van der Waals surface area contributed by atoms with Crippen LogP contribution in [0.5, 0.6) is 0 Å². The first-order valence-corrected chi connectivity index (χ1v) is 8.85. The fourth-order valence-corrected chi connectivity index (χ4v) is 3.22. The van der Waals surface area contributed by atoms with Gasteiger partial charge in [0.1, 0.15) is 5.82 Å². The van der Waals surface area contributed by atoms with Gasteiger partial charge in [0.05, 0.1) is 32.5 Å². The van der Waals surface area contributed by atoms with E-state index in [0.717, 1.165) is 6.07 Å². The maximum atomic E-state index is 12.6. The molecule has 0 aliphatic carbocycles. The van der Waals surface area contributed by atoms with Gasteiger partial charge in [-0.15, -0.1) is 0 Å². The number of hydrogen-bond donors (Lipinski definition) is 1. The number of nitrogens with zero attached hydrogens (tertiary/aromatic N) is 3. The second-order valence-corrected chi connectivity index (χ2v) is 6.96. The predicted octanol–water partition coefficient (Wildman–Crippen LogP) is 3.64. The van der Waals surface area contributed by atoms with Crippen molar-refractivity contribution in [3.63, 3.8) is 0 Å². The predicted molar refractivity (Wildman–Crippen MR) is 106 cm³/mol. The first-order valence-electron chi connectivity index (χ1n) is 8.10. The highest BCUT2D eigenvalue weighted by Gasteiger charge is 2.20. The van der Waals surface area contributed by atoms with Crippen LogP contribution >= 0.6 is 23.2 Å². The lowest BCUT2D eigenvalue weighted by atomic mass is 10.1. The van der Waals surface area contributed by atoms with Crippen molar-refractivity contribution in [3.05, 3.63) is 78.3 Å². The summed E-state index contributed by atoms with van der Waals surface area (Å²) in [7, 11) is 1.56. The molecule has 0 bridgehead atoms. The van der Waals surface area contributed by atoms with Crippen LogP contribution in [-0.2, 0) is 7.05 Å². The molecule has 3 aromatic rings. The topological polar surface area (TPSA) is 107 Å². The van der Waals surface area contributed by atoms with Crippen molar-refractivity contribution >= 4 is 45.7 Å². The van der Waals surface area contributed by atoms with Gasteiger partial charge in [0.2, 0.25) is 0 Å². The van der Waals surface area contributed by atoms with E-state index in [1.54, 1.807) is 32.2 Å². The molecule has 8 nitrogen and oxygen atoms in total. The van der Waals surface area contributed by atoms with Gasteiger partial charge in [-0.2, -0.15) is 0 Å². The molecule has 1 atom stereocenters. The lowest BCUT2D eigenvalue weighted by Gasteiger charge is -2.17. The van der Waals surface area contributed by atoms with E-state index in [2.05, 4.69) is 10.3 Å². The van der Waals surface area contributed by atoms with E-state index in [0.29, 0.717) is 21.7 Å². The minimum absolute atomic E-state index is 0.0500. The number of nitro benzene ring substituents is 1. The summed E-state index contributed by atoms with van der Waals surface area (Å²) in [4.78, 5) is 39.7. The van der Waals surface area contributed by atoms with Gasteiger partial charge in [-0.25, -0.2) is 4.98 Å². The summed E-state index contributed by atoms with van der Waals surface area (Å²) in [5.41, 5.74) is 0.00391. The number of hydrogen-bond acceptors (Lipinski definition) is 5. The van der Waals surface area contributed by atoms with E-state index in [1.165, 1.54) is 16.7 Å². The summed E-state index contributed by atoms with van der Waals surface area (Å²) in [5, 5.41) is 14.3. The van der Waals surface area contributed by atoms with Crippen LogP contribution in [0.3, 0.4) is 0 Å². The third-order valence-electron chi connectivity index (χ3n) is 4.22. The number of non-ortho nitro benzene ring substituents is 1. The van der Waals surface area contributed by atoms with Gasteiger partial charge >= 0.3 is 0 Å². The van der Waals surface area contributed by atoms with Crippen LogP contribution in [0.15, 0.2) is 41.2 Å². The second-order valence-electron chi connectivity index (χ2n) is 6.11. The molecule has 0 aliphatic rings. The SMILES string of the molecule is CC(NC(=O)c1ccc([N+](=O)[O-])cc1Cl)c1nc2cc(Cl)ccc2c(=O)n1C. The van der Waals surface area contributed by atoms with E-state index in [-0.39, 0.29) is 21.8 Å². The Morgan fingerprint density at radius 3 is 2.61 bits per heavy atom. The van der Waals surface area contributed by atoms with Crippen molar-refractivity contribution in [2.75, 3.05) is 0 Å². The summed E-state index contributed by atoms with van der Waals surface area (Å²) in [6, 6.07) is 7.70. The number of fused-ring (bicyclic) bond motifs is 1. The number of nitrogens with one attached hydrogen (secondary N) is 1. The third kappa shape index (κ3) is 3.69. The normalized spacial score (nSPS) is 12.0. The molecule has 1 heterocycles. The van der Waals surface area contributed by atoms with Crippen molar-refractivity contribution in [1.29, 1.82) is 0 Å². The number of aromatic nitrogens is 2. The molecule has 0 saturated heterocycles. The molecule has 0 aliphatic heterocycles. The Hall–Kier alpha value is -2.97. The highest BCUT2D eigenvalue weighted by molar-refractivity contribution is 6.34. The summed E-state index contributed by atoms with van der Waals surface area (Å²) in [6.07, 6.45) is 0. The molecule has 0 fully saturated rings. The molecule has 3 rings (SSSR count). The number of amides is 1. The molecule has 0 spiro atoms. The Morgan fingerprint density at radius 1 is 1.25 bits per heavy atom. The molecule has 1 N–H and O–H groups in total. The first kappa shape index (κ1) is 19.8. The van der Waals surface area contributed by atoms with Crippen molar-refractivity contribution in [1.82, 2.24) is 14.9 Å². The lowest BCUT2D eigenvalue weighted by Crippen LogP contribution is -2.32. The smallest absolute Gasteiger partial charge is 0.270 e. The van der Waals surface area contributed by atoms with E-state index >= 15 is 0 Å². The Kier molecular flexibility index (Phi) is 5.35. The number of halogens is 2. The van der Waals surface area contributed by atoms with Crippen molar-refractivity contribution in [2.24, 2.45) is 7.05 Å². The van der Waals surface area contributed by atoms with Gasteiger partial charge < -0.3 is 5.32 Å². The summed E-state index contributed by atoms with van der Waals surface area (Å²) in [5.74, 6) is -0.223. The number of benzene rings is 2. The van der Waals surface area contributed by atoms with E-state index < -0.39 is 16.9 Å². The molecule has 0 radical (unpaired) electrons. The van der Waals surface area contributed by atoms with Crippen LogP contribution in [0.4, 0.5) is 5.69 Å². The lowest BCUT2D eigenvalue weighted by molar-refractivity contribution is -0.384. The van der Waals surface area contributed by atoms with E-state index in [4.69, 9.17) is 23.2 Å². The Morgan fingerprint density at radius 2 is 1.96 bits per heavy atom.